The largest absolute Gasteiger partial charge is 0.393 e. The molecule has 0 spiro atoms. The maximum atomic E-state index is 10.2. The molecular weight excluding hydrogens is 172 g/mol. The first-order valence-electron chi connectivity index (χ1n) is 6.54. The standard InChI is InChI=1S/C13H18O/c14-13-5-1-2-6(13)12-10-4-9(11(5)12)7-3-8(7)10/h5-14H,1-4H2/t5-,6+,7-,8+,9-,10+,11+,12-,13?. The van der Waals surface area contributed by atoms with Crippen molar-refractivity contribution in [3.63, 3.8) is 0 Å². The van der Waals surface area contributed by atoms with Crippen LogP contribution in [0.2, 0.25) is 0 Å². The Morgan fingerprint density at radius 3 is 1.71 bits per heavy atom. The van der Waals surface area contributed by atoms with Crippen LogP contribution in [0.15, 0.2) is 0 Å². The maximum absolute atomic E-state index is 10.2. The molecule has 1 heteroatoms. The average Bonchev–Trinajstić information content (AvgIpc) is 2.54. The third-order valence-electron chi connectivity index (χ3n) is 6.67. The molecule has 0 aromatic heterocycles. The molecule has 1 N–H and O–H groups in total. The fraction of sp³-hybridized carbons (Fsp3) is 1.00. The molecule has 5 saturated carbocycles. The Morgan fingerprint density at radius 1 is 0.643 bits per heavy atom. The quantitative estimate of drug-likeness (QED) is 0.578. The number of rotatable bonds is 0. The van der Waals surface area contributed by atoms with Crippen molar-refractivity contribution in [1.82, 2.24) is 0 Å². The molecule has 14 heavy (non-hydrogen) atoms. The Morgan fingerprint density at radius 2 is 1.14 bits per heavy atom. The van der Waals surface area contributed by atoms with Gasteiger partial charge < -0.3 is 5.11 Å². The summed E-state index contributed by atoms with van der Waals surface area (Å²) in [6.45, 7) is 0. The molecule has 5 aliphatic rings. The van der Waals surface area contributed by atoms with E-state index in [2.05, 4.69) is 0 Å². The second-order valence-electron chi connectivity index (χ2n) is 6.68. The highest BCUT2D eigenvalue weighted by molar-refractivity contribution is 5.20. The minimum Gasteiger partial charge on any atom is -0.393 e. The fourth-order valence-corrected chi connectivity index (χ4v) is 6.43. The van der Waals surface area contributed by atoms with E-state index in [1.54, 1.807) is 12.8 Å². The topological polar surface area (TPSA) is 20.2 Å². The molecule has 1 nitrogen and oxygen atoms in total. The van der Waals surface area contributed by atoms with Crippen molar-refractivity contribution >= 4 is 0 Å². The molecule has 5 fully saturated rings. The molecule has 0 amide bonds. The predicted molar refractivity (Wildman–Crippen MR) is 52.4 cm³/mol. The third-order valence-corrected chi connectivity index (χ3v) is 6.67. The first-order valence-corrected chi connectivity index (χ1v) is 6.54. The zero-order valence-electron chi connectivity index (χ0n) is 8.47. The summed E-state index contributed by atoms with van der Waals surface area (Å²) < 4.78 is 0. The number of hydrogen-bond acceptors (Lipinski definition) is 1. The lowest BCUT2D eigenvalue weighted by Gasteiger charge is -2.33. The SMILES string of the molecule is OC1[C@H]2CC[C@@H]1[C@H]1[C@@H]3C[C@@H]([C@H]4C[C@H]43)[C@H]12. The van der Waals surface area contributed by atoms with E-state index >= 15 is 0 Å². The van der Waals surface area contributed by atoms with Gasteiger partial charge in [-0.1, -0.05) is 0 Å². The molecule has 5 aliphatic carbocycles. The van der Waals surface area contributed by atoms with E-state index in [-0.39, 0.29) is 6.10 Å². The van der Waals surface area contributed by atoms with Gasteiger partial charge in [-0.25, -0.2) is 0 Å². The molecule has 0 heterocycles. The normalized spacial score (nSPS) is 76.5. The van der Waals surface area contributed by atoms with E-state index in [0.717, 1.165) is 47.3 Å². The lowest BCUT2D eigenvalue weighted by molar-refractivity contribution is 0.106. The number of aliphatic hydroxyl groups excluding tert-OH is 1. The molecule has 9 atom stereocenters. The minimum atomic E-state index is 0.118. The Hall–Kier alpha value is -0.0400. The average molecular weight is 190 g/mol. The van der Waals surface area contributed by atoms with Crippen molar-refractivity contribution in [2.24, 2.45) is 47.3 Å². The minimum absolute atomic E-state index is 0.118. The van der Waals surface area contributed by atoms with Crippen LogP contribution >= 0.6 is 0 Å². The smallest absolute Gasteiger partial charge is 0.0602 e. The van der Waals surface area contributed by atoms with Gasteiger partial charge in [-0.05, 0) is 73.0 Å². The lowest BCUT2D eigenvalue weighted by atomic mass is 9.71. The van der Waals surface area contributed by atoms with Gasteiger partial charge in [0, 0.05) is 0 Å². The maximum Gasteiger partial charge on any atom is 0.0602 e. The molecule has 4 bridgehead atoms. The van der Waals surface area contributed by atoms with Crippen LogP contribution in [-0.4, -0.2) is 11.2 Å². The number of aliphatic hydroxyl groups is 1. The van der Waals surface area contributed by atoms with E-state index in [9.17, 15) is 5.11 Å². The molecule has 5 rings (SSSR count). The zero-order valence-corrected chi connectivity index (χ0v) is 8.47. The van der Waals surface area contributed by atoms with Gasteiger partial charge in [-0.2, -0.15) is 0 Å². The van der Waals surface area contributed by atoms with Crippen molar-refractivity contribution in [2.75, 3.05) is 0 Å². The van der Waals surface area contributed by atoms with E-state index in [1.165, 1.54) is 12.8 Å². The van der Waals surface area contributed by atoms with Crippen molar-refractivity contribution in [3.8, 4) is 0 Å². The summed E-state index contributed by atoms with van der Waals surface area (Å²) in [6, 6.07) is 0. The molecular formula is C13H18O. The van der Waals surface area contributed by atoms with Crippen LogP contribution in [0, 0.1) is 47.3 Å². The Kier molecular flexibility index (Phi) is 1.00. The first kappa shape index (κ1) is 7.27. The van der Waals surface area contributed by atoms with Crippen LogP contribution in [0.1, 0.15) is 25.7 Å². The second-order valence-corrected chi connectivity index (χ2v) is 6.68. The van der Waals surface area contributed by atoms with Gasteiger partial charge in [0.2, 0.25) is 0 Å². The van der Waals surface area contributed by atoms with Crippen LogP contribution in [0.4, 0.5) is 0 Å². The molecule has 0 radical (unpaired) electrons. The van der Waals surface area contributed by atoms with Crippen LogP contribution in [0.5, 0.6) is 0 Å². The third kappa shape index (κ3) is 0.553. The highest BCUT2D eigenvalue weighted by atomic mass is 16.3. The van der Waals surface area contributed by atoms with Crippen LogP contribution in [-0.2, 0) is 0 Å². The monoisotopic (exact) mass is 190 g/mol. The summed E-state index contributed by atoms with van der Waals surface area (Å²) in [4.78, 5) is 0. The van der Waals surface area contributed by atoms with Gasteiger partial charge >= 0.3 is 0 Å². The summed E-state index contributed by atoms with van der Waals surface area (Å²) >= 11 is 0. The van der Waals surface area contributed by atoms with E-state index in [4.69, 9.17) is 0 Å². The van der Waals surface area contributed by atoms with E-state index in [0.29, 0.717) is 0 Å². The van der Waals surface area contributed by atoms with E-state index in [1.807, 2.05) is 0 Å². The van der Waals surface area contributed by atoms with Crippen molar-refractivity contribution in [3.05, 3.63) is 0 Å². The van der Waals surface area contributed by atoms with Crippen molar-refractivity contribution < 1.29 is 5.11 Å². The van der Waals surface area contributed by atoms with Gasteiger partial charge in [0.15, 0.2) is 0 Å². The molecule has 0 aliphatic heterocycles. The summed E-state index contributed by atoms with van der Waals surface area (Å²) in [6.07, 6.45) is 5.96. The van der Waals surface area contributed by atoms with E-state index < -0.39 is 0 Å². The number of hydrogen-bond donors (Lipinski definition) is 1. The Labute approximate surface area is 84.9 Å². The Balaban J connectivity index is 1.64. The lowest BCUT2D eigenvalue weighted by Crippen LogP contribution is -2.29. The van der Waals surface area contributed by atoms with Crippen molar-refractivity contribution in [2.45, 2.75) is 31.8 Å². The van der Waals surface area contributed by atoms with Crippen LogP contribution < -0.4 is 0 Å². The summed E-state index contributed by atoms with van der Waals surface area (Å²) in [5.74, 6) is 7.85. The number of fused-ring (bicyclic) bond motifs is 12. The predicted octanol–water partition coefficient (Wildman–Crippen LogP) is 1.91. The zero-order chi connectivity index (χ0) is 9.02. The van der Waals surface area contributed by atoms with Gasteiger partial charge in [0.1, 0.15) is 0 Å². The van der Waals surface area contributed by atoms with Gasteiger partial charge in [0.05, 0.1) is 6.10 Å². The first-order chi connectivity index (χ1) is 6.86. The van der Waals surface area contributed by atoms with Crippen LogP contribution in [0.25, 0.3) is 0 Å². The summed E-state index contributed by atoms with van der Waals surface area (Å²) in [5.41, 5.74) is 0. The molecule has 0 saturated heterocycles. The van der Waals surface area contributed by atoms with Crippen LogP contribution in [0.3, 0.4) is 0 Å². The Bertz CT molecular complexity index is 280. The highest BCUT2D eigenvalue weighted by Crippen LogP contribution is 2.76. The van der Waals surface area contributed by atoms with Gasteiger partial charge in [-0.3, -0.25) is 0 Å². The van der Waals surface area contributed by atoms with Gasteiger partial charge in [0.25, 0.3) is 0 Å². The highest BCUT2D eigenvalue weighted by Gasteiger charge is 2.72. The van der Waals surface area contributed by atoms with Gasteiger partial charge in [-0.15, -0.1) is 0 Å². The summed E-state index contributed by atoms with van der Waals surface area (Å²) in [7, 11) is 0. The molecule has 0 aromatic carbocycles. The van der Waals surface area contributed by atoms with Crippen molar-refractivity contribution in [1.29, 1.82) is 0 Å². The molecule has 76 valence electrons. The molecule has 1 unspecified atom stereocenters. The second kappa shape index (κ2) is 1.93. The fourth-order valence-electron chi connectivity index (χ4n) is 6.43. The summed E-state index contributed by atoms with van der Waals surface area (Å²) in [5, 5.41) is 10.2. The molecule has 0 aromatic rings.